The average molecular weight is 247 g/mol. The molecular formula is C14H21N3O. The molecule has 0 aliphatic carbocycles. The molecule has 1 saturated heterocycles. The number of aromatic nitrogens is 1. The van der Waals surface area contributed by atoms with Crippen molar-refractivity contribution in [2.75, 3.05) is 26.7 Å². The van der Waals surface area contributed by atoms with Crippen molar-refractivity contribution in [3.05, 3.63) is 29.6 Å². The lowest BCUT2D eigenvalue weighted by Crippen LogP contribution is -2.39. The Morgan fingerprint density at radius 3 is 3.06 bits per heavy atom. The number of nitrogens with one attached hydrogen (secondary N) is 1. The van der Waals surface area contributed by atoms with Gasteiger partial charge in [-0.05, 0) is 50.9 Å². The Bertz CT molecular complexity index is 413. The van der Waals surface area contributed by atoms with Crippen molar-refractivity contribution < 1.29 is 4.79 Å². The molecule has 1 aliphatic rings. The highest BCUT2D eigenvalue weighted by molar-refractivity contribution is 5.92. The molecule has 0 spiro atoms. The summed E-state index contributed by atoms with van der Waals surface area (Å²) < 4.78 is 0. The lowest BCUT2D eigenvalue weighted by Gasteiger charge is -2.27. The summed E-state index contributed by atoms with van der Waals surface area (Å²) in [4.78, 5) is 18.3. The van der Waals surface area contributed by atoms with E-state index in [1.807, 2.05) is 26.1 Å². The molecule has 1 N–H and O–H groups in total. The van der Waals surface area contributed by atoms with E-state index in [0.717, 1.165) is 25.3 Å². The number of piperidine rings is 1. The number of hydrogen-bond donors (Lipinski definition) is 1. The summed E-state index contributed by atoms with van der Waals surface area (Å²) in [5.74, 6) is 0.585. The van der Waals surface area contributed by atoms with Gasteiger partial charge in [-0.25, -0.2) is 4.98 Å². The molecule has 1 fully saturated rings. The van der Waals surface area contributed by atoms with E-state index in [2.05, 4.69) is 10.3 Å². The minimum Gasteiger partial charge on any atom is -0.340 e. The Morgan fingerprint density at radius 2 is 2.39 bits per heavy atom. The van der Waals surface area contributed by atoms with Crippen LogP contribution in [0.15, 0.2) is 18.2 Å². The summed E-state index contributed by atoms with van der Waals surface area (Å²) in [7, 11) is 1.86. The van der Waals surface area contributed by atoms with Crippen molar-refractivity contribution >= 4 is 5.91 Å². The molecule has 0 saturated carbocycles. The Labute approximate surface area is 108 Å². The monoisotopic (exact) mass is 247 g/mol. The van der Waals surface area contributed by atoms with Crippen LogP contribution in [-0.2, 0) is 0 Å². The van der Waals surface area contributed by atoms with E-state index < -0.39 is 0 Å². The molecule has 1 aromatic rings. The van der Waals surface area contributed by atoms with Crippen molar-refractivity contribution in [1.82, 2.24) is 15.2 Å². The van der Waals surface area contributed by atoms with Gasteiger partial charge in [0.1, 0.15) is 5.69 Å². The first-order chi connectivity index (χ1) is 8.66. The molecule has 4 heteroatoms. The zero-order valence-electron chi connectivity index (χ0n) is 11.1. The van der Waals surface area contributed by atoms with Crippen molar-refractivity contribution in [1.29, 1.82) is 0 Å². The van der Waals surface area contributed by atoms with Gasteiger partial charge in [0, 0.05) is 19.3 Å². The summed E-state index contributed by atoms with van der Waals surface area (Å²) in [5.41, 5.74) is 1.43. The second kappa shape index (κ2) is 5.96. The SMILES string of the molecule is Cc1cccc(C(=O)N(C)CC2CCCNC2)n1. The van der Waals surface area contributed by atoms with Crippen LogP contribution in [0.25, 0.3) is 0 Å². The molecule has 1 unspecified atom stereocenters. The van der Waals surface area contributed by atoms with Gasteiger partial charge in [0.15, 0.2) is 0 Å². The maximum absolute atomic E-state index is 12.2. The van der Waals surface area contributed by atoms with Gasteiger partial charge in [0.05, 0.1) is 0 Å². The van der Waals surface area contributed by atoms with Crippen LogP contribution in [0.4, 0.5) is 0 Å². The maximum Gasteiger partial charge on any atom is 0.272 e. The van der Waals surface area contributed by atoms with Crippen LogP contribution < -0.4 is 5.32 Å². The van der Waals surface area contributed by atoms with Gasteiger partial charge in [0.2, 0.25) is 0 Å². The van der Waals surface area contributed by atoms with Gasteiger partial charge in [0.25, 0.3) is 5.91 Å². The molecule has 0 aromatic carbocycles. The first kappa shape index (κ1) is 13.0. The lowest BCUT2D eigenvalue weighted by molar-refractivity contribution is 0.0758. The smallest absolute Gasteiger partial charge is 0.272 e. The van der Waals surface area contributed by atoms with E-state index >= 15 is 0 Å². The third-order valence-corrected chi connectivity index (χ3v) is 3.39. The van der Waals surface area contributed by atoms with Gasteiger partial charge in [-0.1, -0.05) is 6.07 Å². The largest absolute Gasteiger partial charge is 0.340 e. The number of carbonyl (C=O) groups is 1. The van der Waals surface area contributed by atoms with Crippen LogP contribution in [0.5, 0.6) is 0 Å². The molecule has 0 radical (unpaired) electrons. The fraction of sp³-hybridized carbons (Fsp3) is 0.571. The Balaban J connectivity index is 1.95. The van der Waals surface area contributed by atoms with E-state index in [1.165, 1.54) is 12.8 Å². The zero-order chi connectivity index (χ0) is 13.0. The molecule has 2 heterocycles. The molecule has 2 rings (SSSR count). The van der Waals surface area contributed by atoms with E-state index in [0.29, 0.717) is 11.6 Å². The molecule has 98 valence electrons. The molecule has 1 aromatic heterocycles. The highest BCUT2D eigenvalue weighted by Gasteiger charge is 2.19. The van der Waals surface area contributed by atoms with Crippen molar-refractivity contribution in [2.45, 2.75) is 19.8 Å². The zero-order valence-corrected chi connectivity index (χ0v) is 11.1. The lowest BCUT2D eigenvalue weighted by atomic mass is 9.99. The number of hydrogen-bond acceptors (Lipinski definition) is 3. The number of nitrogens with zero attached hydrogens (tertiary/aromatic N) is 2. The first-order valence-corrected chi connectivity index (χ1v) is 6.56. The standard InChI is InChI=1S/C14H21N3O/c1-11-5-3-7-13(16-11)14(18)17(2)10-12-6-4-8-15-9-12/h3,5,7,12,15H,4,6,8-10H2,1-2H3. The van der Waals surface area contributed by atoms with Crippen molar-refractivity contribution in [2.24, 2.45) is 5.92 Å². The number of aryl methyl sites for hydroxylation is 1. The Morgan fingerprint density at radius 1 is 1.56 bits per heavy atom. The highest BCUT2D eigenvalue weighted by Crippen LogP contribution is 2.12. The fourth-order valence-corrected chi connectivity index (χ4v) is 2.41. The Hall–Kier alpha value is -1.42. The second-order valence-corrected chi connectivity index (χ2v) is 5.06. The van der Waals surface area contributed by atoms with Crippen molar-refractivity contribution in [3.8, 4) is 0 Å². The van der Waals surface area contributed by atoms with Crippen LogP contribution in [0.2, 0.25) is 0 Å². The molecule has 1 atom stereocenters. The number of amides is 1. The van der Waals surface area contributed by atoms with E-state index in [1.54, 1.807) is 11.0 Å². The predicted molar refractivity (Wildman–Crippen MR) is 71.5 cm³/mol. The molecule has 18 heavy (non-hydrogen) atoms. The second-order valence-electron chi connectivity index (χ2n) is 5.06. The number of carbonyl (C=O) groups excluding carboxylic acids is 1. The molecule has 1 aliphatic heterocycles. The third kappa shape index (κ3) is 3.29. The van der Waals surface area contributed by atoms with Crippen LogP contribution in [-0.4, -0.2) is 42.5 Å². The van der Waals surface area contributed by atoms with Crippen LogP contribution in [0.3, 0.4) is 0 Å². The van der Waals surface area contributed by atoms with Gasteiger partial charge < -0.3 is 10.2 Å². The maximum atomic E-state index is 12.2. The average Bonchev–Trinajstić information content (AvgIpc) is 2.39. The molecule has 1 amide bonds. The molecule has 0 bridgehead atoms. The van der Waals surface area contributed by atoms with Crippen LogP contribution in [0.1, 0.15) is 29.0 Å². The predicted octanol–water partition coefficient (Wildman–Crippen LogP) is 1.46. The highest BCUT2D eigenvalue weighted by atomic mass is 16.2. The fourth-order valence-electron chi connectivity index (χ4n) is 2.41. The molecule has 4 nitrogen and oxygen atoms in total. The topological polar surface area (TPSA) is 45.2 Å². The summed E-state index contributed by atoms with van der Waals surface area (Å²) >= 11 is 0. The summed E-state index contributed by atoms with van der Waals surface area (Å²) in [6.45, 7) is 4.83. The minimum atomic E-state index is 0.0178. The minimum absolute atomic E-state index is 0.0178. The van der Waals surface area contributed by atoms with E-state index in [4.69, 9.17) is 0 Å². The summed E-state index contributed by atoms with van der Waals surface area (Å²) in [6, 6.07) is 5.57. The van der Waals surface area contributed by atoms with E-state index in [-0.39, 0.29) is 5.91 Å². The van der Waals surface area contributed by atoms with Crippen molar-refractivity contribution in [3.63, 3.8) is 0 Å². The van der Waals surface area contributed by atoms with Crippen LogP contribution >= 0.6 is 0 Å². The normalized spacial score (nSPS) is 19.6. The van der Waals surface area contributed by atoms with Gasteiger partial charge >= 0.3 is 0 Å². The third-order valence-electron chi connectivity index (χ3n) is 3.39. The van der Waals surface area contributed by atoms with E-state index in [9.17, 15) is 4.79 Å². The number of pyridine rings is 1. The van der Waals surface area contributed by atoms with Gasteiger partial charge in [-0.3, -0.25) is 4.79 Å². The van der Waals surface area contributed by atoms with Crippen LogP contribution in [0, 0.1) is 12.8 Å². The summed E-state index contributed by atoms with van der Waals surface area (Å²) in [5, 5.41) is 3.37. The number of rotatable bonds is 3. The Kier molecular flexibility index (Phi) is 4.31. The molecular weight excluding hydrogens is 226 g/mol. The quantitative estimate of drug-likeness (QED) is 0.879. The first-order valence-electron chi connectivity index (χ1n) is 6.56. The summed E-state index contributed by atoms with van der Waals surface area (Å²) in [6.07, 6.45) is 2.40. The van der Waals surface area contributed by atoms with Gasteiger partial charge in [-0.15, -0.1) is 0 Å². The van der Waals surface area contributed by atoms with Gasteiger partial charge in [-0.2, -0.15) is 0 Å².